The fourth-order valence-corrected chi connectivity index (χ4v) is 3.52. The number of nitrogens with zero attached hydrogens (tertiary/aromatic N) is 2. The van der Waals surface area contributed by atoms with Gasteiger partial charge in [0.25, 0.3) is 5.91 Å². The Bertz CT molecular complexity index is 956. The van der Waals surface area contributed by atoms with E-state index in [-0.39, 0.29) is 29.0 Å². The SMILES string of the molecule is O=C(c1ccc(O)cc1O)N1c2ccccc2CC[C@@H]1c1cccnc1. The molecule has 4 rings (SSSR count). The minimum atomic E-state index is -0.302. The second-order valence-electron chi connectivity index (χ2n) is 6.35. The summed E-state index contributed by atoms with van der Waals surface area (Å²) in [7, 11) is 0. The van der Waals surface area contributed by atoms with Crippen molar-refractivity contribution in [3.05, 3.63) is 83.7 Å². The molecule has 2 aromatic carbocycles. The first-order valence-corrected chi connectivity index (χ1v) is 8.48. The molecule has 1 aliphatic heterocycles. The average Bonchev–Trinajstić information content (AvgIpc) is 2.67. The zero-order valence-electron chi connectivity index (χ0n) is 14.0. The summed E-state index contributed by atoms with van der Waals surface area (Å²) >= 11 is 0. The van der Waals surface area contributed by atoms with E-state index in [9.17, 15) is 15.0 Å². The van der Waals surface area contributed by atoms with Gasteiger partial charge in [-0.25, -0.2) is 0 Å². The summed E-state index contributed by atoms with van der Waals surface area (Å²) in [5, 5.41) is 19.7. The van der Waals surface area contributed by atoms with Crippen LogP contribution in [0.2, 0.25) is 0 Å². The Morgan fingerprint density at radius 2 is 1.92 bits per heavy atom. The number of amides is 1. The molecule has 3 aromatic rings. The zero-order chi connectivity index (χ0) is 18.1. The number of pyridine rings is 1. The fraction of sp³-hybridized carbons (Fsp3) is 0.143. The fourth-order valence-electron chi connectivity index (χ4n) is 3.52. The highest BCUT2D eigenvalue weighted by atomic mass is 16.3. The first-order chi connectivity index (χ1) is 12.6. The van der Waals surface area contributed by atoms with E-state index in [1.165, 1.54) is 18.2 Å². The van der Waals surface area contributed by atoms with E-state index < -0.39 is 0 Å². The quantitative estimate of drug-likeness (QED) is 0.740. The highest BCUT2D eigenvalue weighted by Crippen LogP contribution is 2.40. The number of benzene rings is 2. The van der Waals surface area contributed by atoms with Crippen LogP contribution in [0.3, 0.4) is 0 Å². The van der Waals surface area contributed by atoms with Crippen LogP contribution >= 0.6 is 0 Å². The van der Waals surface area contributed by atoms with Gasteiger partial charge < -0.3 is 15.1 Å². The number of aromatic hydroxyl groups is 2. The molecule has 1 aromatic heterocycles. The summed E-state index contributed by atoms with van der Waals surface area (Å²) < 4.78 is 0. The topological polar surface area (TPSA) is 73.7 Å². The lowest BCUT2D eigenvalue weighted by atomic mass is 9.91. The third-order valence-corrected chi connectivity index (χ3v) is 4.75. The Balaban J connectivity index is 1.83. The Kier molecular flexibility index (Phi) is 4.05. The molecule has 0 aliphatic carbocycles. The molecule has 2 N–H and O–H groups in total. The number of phenolic OH excluding ortho intramolecular Hbond substituents is 2. The number of aryl methyl sites for hydroxylation is 1. The Hall–Kier alpha value is -3.34. The van der Waals surface area contributed by atoms with Crippen LogP contribution in [0.15, 0.2) is 67.0 Å². The third-order valence-electron chi connectivity index (χ3n) is 4.75. The lowest BCUT2D eigenvalue weighted by Gasteiger charge is -2.37. The molecule has 0 saturated carbocycles. The summed E-state index contributed by atoms with van der Waals surface area (Å²) in [6, 6.07) is 15.5. The van der Waals surface area contributed by atoms with Gasteiger partial charge in [0.15, 0.2) is 0 Å². The molecule has 0 fully saturated rings. The molecule has 1 atom stereocenters. The Morgan fingerprint density at radius 1 is 1.08 bits per heavy atom. The molecule has 0 bridgehead atoms. The molecule has 2 heterocycles. The van der Waals surface area contributed by atoms with Crippen molar-refractivity contribution in [2.24, 2.45) is 0 Å². The summed E-state index contributed by atoms with van der Waals surface area (Å²) in [6.45, 7) is 0. The van der Waals surface area contributed by atoms with Crippen LogP contribution in [-0.2, 0) is 6.42 Å². The molecule has 0 radical (unpaired) electrons. The smallest absolute Gasteiger partial charge is 0.262 e. The molecule has 26 heavy (non-hydrogen) atoms. The number of carbonyl (C=O) groups is 1. The van der Waals surface area contributed by atoms with Crippen LogP contribution in [0.1, 0.15) is 33.9 Å². The van der Waals surface area contributed by atoms with Crippen molar-refractivity contribution in [3.63, 3.8) is 0 Å². The van der Waals surface area contributed by atoms with E-state index in [0.29, 0.717) is 0 Å². The highest BCUT2D eigenvalue weighted by Gasteiger charge is 2.33. The van der Waals surface area contributed by atoms with Gasteiger partial charge in [-0.2, -0.15) is 0 Å². The van der Waals surface area contributed by atoms with Crippen molar-refractivity contribution >= 4 is 11.6 Å². The predicted octanol–water partition coefficient (Wildman–Crippen LogP) is 3.83. The van der Waals surface area contributed by atoms with Gasteiger partial charge in [0, 0.05) is 24.1 Å². The summed E-state index contributed by atoms with van der Waals surface area (Å²) in [5.74, 6) is -0.617. The molecular formula is C21H18N2O3. The van der Waals surface area contributed by atoms with Crippen molar-refractivity contribution < 1.29 is 15.0 Å². The number of fused-ring (bicyclic) bond motifs is 1. The van der Waals surface area contributed by atoms with Crippen molar-refractivity contribution in [3.8, 4) is 11.5 Å². The summed E-state index contributed by atoms with van der Waals surface area (Å²) in [5.41, 5.74) is 3.05. The molecule has 0 spiro atoms. The normalized spacial score (nSPS) is 16.2. The second kappa shape index (κ2) is 6.52. The third kappa shape index (κ3) is 2.77. The molecule has 5 heteroatoms. The number of aromatic nitrogens is 1. The monoisotopic (exact) mass is 346 g/mol. The van der Waals surface area contributed by atoms with Crippen LogP contribution in [0, 0.1) is 0 Å². The lowest BCUT2D eigenvalue weighted by Crippen LogP contribution is -2.38. The maximum atomic E-state index is 13.3. The first kappa shape index (κ1) is 16.1. The minimum Gasteiger partial charge on any atom is -0.508 e. The number of phenols is 2. The summed E-state index contributed by atoms with van der Waals surface area (Å²) in [4.78, 5) is 19.3. The maximum absolute atomic E-state index is 13.3. The van der Waals surface area contributed by atoms with Crippen LogP contribution in [0.5, 0.6) is 11.5 Å². The predicted molar refractivity (Wildman–Crippen MR) is 98.3 cm³/mol. The van der Waals surface area contributed by atoms with Gasteiger partial charge >= 0.3 is 0 Å². The average molecular weight is 346 g/mol. The van der Waals surface area contributed by atoms with E-state index in [1.54, 1.807) is 17.3 Å². The second-order valence-corrected chi connectivity index (χ2v) is 6.35. The standard InChI is InChI=1S/C21H18N2O3/c24-16-8-9-17(20(25)12-16)21(26)23-18-6-2-1-4-14(18)7-10-19(23)15-5-3-11-22-13-15/h1-6,8-9,11-13,19,24-25H,7,10H2/t19-/m1/s1. The Morgan fingerprint density at radius 3 is 2.69 bits per heavy atom. The van der Waals surface area contributed by atoms with Gasteiger partial charge in [0.2, 0.25) is 0 Å². The number of para-hydroxylation sites is 1. The molecule has 130 valence electrons. The maximum Gasteiger partial charge on any atom is 0.262 e. The largest absolute Gasteiger partial charge is 0.508 e. The summed E-state index contributed by atoms with van der Waals surface area (Å²) in [6.07, 6.45) is 5.11. The van der Waals surface area contributed by atoms with Gasteiger partial charge in [-0.15, -0.1) is 0 Å². The number of rotatable bonds is 2. The van der Waals surface area contributed by atoms with Gasteiger partial charge in [-0.05, 0) is 48.2 Å². The van der Waals surface area contributed by atoms with E-state index in [1.807, 2.05) is 36.4 Å². The van der Waals surface area contributed by atoms with Crippen molar-refractivity contribution in [1.29, 1.82) is 0 Å². The van der Waals surface area contributed by atoms with Crippen LogP contribution in [0.4, 0.5) is 5.69 Å². The molecule has 0 saturated heterocycles. The van der Waals surface area contributed by atoms with Gasteiger partial charge in [0.1, 0.15) is 11.5 Å². The van der Waals surface area contributed by atoms with Crippen molar-refractivity contribution in [1.82, 2.24) is 4.98 Å². The van der Waals surface area contributed by atoms with Gasteiger partial charge in [-0.3, -0.25) is 9.78 Å². The Labute approximate surface area is 151 Å². The van der Waals surface area contributed by atoms with Crippen molar-refractivity contribution in [2.75, 3.05) is 4.90 Å². The van der Waals surface area contributed by atoms with Crippen molar-refractivity contribution in [2.45, 2.75) is 18.9 Å². The number of anilines is 1. The minimum absolute atomic E-state index is 0.0816. The number of hydrogen-bond acceptors (Lipinski definition) is 4. The van der Waals surface area contributed by atoms with Crippen LogP contribution < -0.4 is 4.90 Å². The van der Waals surface area contributed by atoms with Gasteiger partial charge in [0.05, 0.1) is 11.6 Å². The molecule has 5 nitrogen and oxygen atoms in total. The molecule has 1 amide bonds. The number of carbonyl (C=O) groups excluding carboxylic acids is 1. The van der Waals surface area contributed by atoms with E-state index in [4.69, 9.17) is 0 Å². The zero-order valence-corrected chi connectivity index (χ0v) is 14.0. The lowest BCUT2D eigenvalue weighted by molar-refractivity contribution is 0.0970. The van der Waals surface area contributed by atoms with Crippen LogP contribution in [0.25, 0.3) is 0 Å². The van der Waals surface area contributed by atoms with E-state index in [0.717, 1.165) is 29.7 Å². The number of hydrogen-bond donors (Lipinski definition) is 2. The first-order valence-electron chi connectivity index (χ1n) is 8.48. The highest BCUT2D eigenvalue weighted by molar-refractivity contribution is 6.09. The van der Waals surface area contributed by atoms with Gasteiger partial charge in [-0.1, -0.05) is 24.3 Å². The van der Waals surface area contributed by atoms with E-state index in [2.05, 4.69) is 4.98 Å². The van der Waals surface area contributed by atoms with E-state index >= 15 is 0 Å². The van der Waals surface area contributed by atoms with Crippen LogP contribution in [-0.4, -0.2) is 21.1 Å². The molecular weight excluding hydrogens is 328 g/mol. The molecule has 1 aliphatic rings. The molecule has 0 unspecified atom stereocenters.